The first kappa shape index (κ1) is 10.1. The van der Waals surface area contributed by atoms with E-state index in [1.807, 2.05) is 0 Å². The summed E-state index contributed by atoms with van der Waals surface area (Å²) in [5.41, 5.74) is 0. The van der Waals surface area contributed by atoms with Gasteiger partial charge in [-0.1, -0.05) is 0 Å². The Hall–Kier alpha value is -0.400. The van der Waals surface area contributed by atoms with Crippen molar-refractivity contribution in [3.05, 3.63) is 10.0 Å². The Morgan fingerprint density at radius 1 is 1.43 bits per heavy atom. The summed E-state index contributed by atoms with van der Waals surface area (Å²) in [4.78, 5) is 5.61. The number of sulfone groups is 1. The molecule has 0 atom stereocenters. The Morgan fingerprint density at radius 3 is 2.57 bits per heavy atom. The number of ether oxygens (including phenoxy) is 1. The summed E-state index contributed by atoms with van der Waals surface area (Å²) < 4.78 is 28.6. The summed E-state index contributed by atoms with van der Waals surface area (Å²) in [6.45, 7) is 2.25. The normalized spacial score (nSPS) is 25.9. The van der Waals surface area contributed by atoms with Gasteiger partial charge in [-0.2, -0.15) is 0 Å². The van der Waals surface area contributed by atoms with Crippen LogP contribution in [-0.4, -0.2) is 44.8 Å². The molecule has 2 rings (SSSR count). The van der Waals surface area contributed by atoms with Crippen LogP contribution in [0.4, 0.5) is 0 Å². The van der Waals surface area contributed by atoms with Crippen molar-refractivity contribution < 1.29 is 13.2 Å². The van der Waals surface area contributed by atoms with E-state index in [1.165, 1.54) is 6.20 Å². The van der Waals surface area contributed by atoms with E-state index in [4.69, 9.17) is 4.74 Å². The van der Waals surface area contributed by atoms with Gasteiger partial charge in [-0.05, 0) is 15.9 Å². The zero-order chi connectivity index (χ0) is 10.2. The van der Waals surface area contributed by atoms with Crippen LogP contribution in [0.25, 0.3) is 0 Å². The molecule has 0 aromatic carbocycles. The van der Waals surface area contributed by atoms with Gasteiger partial charge in [-0.25, -0.2) is 13.4 Å². The molecule has 0 aromatic heterocycles. The first-order valence-corrected chi connectivity index (χ1v) is 6.41. The van der Waals surface area contributed by atoms with E-state index < -0.39 is 9.84 Å². The Balaban J connectivity index is 2.22. The van der Waals surface area contributed by atoms with Crippen LogP contribution in [-0.2, 0) is 14.6 Å². The van der Waals surface area contributed by atoms with E-state index >= 15 is 0 Å². The van der Waals surface area contributed by atoms with Gasteiger partial charge in [0.2, 0.25) is 15.0 Å². The van der Waals surface area contributed by atoms with Gasteiger partial charge in [0, 0.05) is 13.1 Å². The molecule has 0 bridgehead atoms. The second kappa shape index (κ2) is 3.63. The average molecular weight is 281 g/mol. The van der Waals surface area contributed by atoms with Crippen LogP contribution in [0.1, 0.15) is 0 Å². The fraction of sp³-hybridized carbons (Fsp3) is 0.571. The number of rotatable bonds is 0. The summed E-state index contributed by atoms with van der Waals surface area (Å²) in [5, 5.41) is 0.132. The Morgan fingerprint density at radius 2 is 2.07 bits per heavy atom. The highest BCUT2D eigenvalue weighted by Gasteiger charge is 2.33. The largest absolute Gasteiger partial charge is 0.378 e. The van der Waals surface area contributed by atoms with Crippen molar-refractivity contribution in [3.8, 4) is 0 Å². The molecule has 2 aliphatic rings. The maximum absolute atomic E-state index is 11.7. The van der Waals surface area contributed by atoms with Crippen molar-refractivity contribution in [1.29, 1.82) is 0 Å². The second-order valence-electron chi connectivity index (χ2n) is 2.95. The molecule has 5 nitrogen and oxygen atoms in total. The van der Waals surface area contributed by atoms with Gasteiger partial charge in [-0.3, -0.25) is 0 Å². The molecule has 14 heavy (non-hydrogen) atoms. The predicted octanol–water partition coefficient (Wildman–Crippen LogP) is 0.297. The standard InChI is InChI=1S/C7H9BrN2O3S/c8-6-5-9-7(14(6,11)12)10-1-3-13-4-2-10/h5H,1-4H2. The predicted molar refractivity (Wildman–Crippen MR) is 55.8 cm³/mol. The third kappa shape index (κ3) is 1.59. The number of hydrogen-bond donors (Lipinski definition) is 0. The van der Waals surface area contributed by atoms with Gasteiger partial charge in [0.15, 0.2) is 0 Å². The van der Waals surface area contributed by atoms with Gasteiger partial charge < -0.3 is 9.64 Å². The number of amidine groups is 1. The van der Waals surface area contributed by atoms with Crippen molar-refractivity contribution in [3.63, 3.8) is 0 Å². The number of hydrogen-bond acceptors (Lipinski definition) is 5. The topological polar surface area (TPSA) is 59.0 Å². The Labute approximate surface area is 90.5 Å². The third-order valence-corrected chi connectivity index (χ3v) is 5.00. The fourth-order valence-corrected chi connectivity index (χ4v) is 2.95. The SMILES string of the molecule is O=S1(=O)C(Br)=CN=C1N1CCOCC1. The lowest BCUT2D eigenvalue weighted by Gasteiger charge is -2.27. The molecule has 0 aromatic rings. The molecule has 0 saturated carbocycles. The van der Waals surface area contributed by atoms with E-state index in [0.717, 1.165) is 0 Å². The van der Waals surface area contributed by atoms with Crippen LogP contribution in [0.2, 0.25) is 0 Å². The molecule has 1 fully saturated rings. The highest BCUT2D eigenvalue weighted by Crippen LogP contribution is 2.24. The maximum atomic E-state index is 11.7. The van der Waals surface area contributed by atoms with Gasteiger partial charge in [0.1, 0.15) is 3.81 Å². The van der Waals surface area contributed by atoms with Gasteiger partial charge >= 0.3 is 0 Å². The van der Waals surface area contributed by atoms with Gasteiger partial charge in [0.25, 0.3) is 0 Å². The molecule has 2 aliphatic heterocycles. The van der Waals surface area contributed by atoms with Crippen LogP contribution in [0.5, 0.6) is 0 Å². The van der Waals surface area contributed by atoms with Crippen molar-refractivity contribution in [1.82, 2.24) is 4.90 Å². The lowest BCUT2D eigenvalue weighted by atomic mass is 10.5. The summed E-state index contributed by atoms with van der Waals surface area (Å²) >= 11 is 2.97. The number of halogens is 1. The maximum Gasteiger partial charge on any atom is 0.247 e. The first-order valence-electron chi connectivity index (χ1n) is 4.13. The van der Waals surface area contributed by atoms with Crippen LogP contribution >= 0.6 is 15.9 Å². The van der Waals surface area contributed by atoms with Crippen LogP contribution < -0.4 is 0 Å². The molecular weight excluding hydrogens is 272 g/mol. The Bertz CT molecular complexity index is 395. The van der Waals surface area contributed by atoms with E-state index in [1.54, 1.807) is 4.90 Å². The van der Waals surface area contributed by atoms with Crippen LogP contribution in [0.3, 0.4) is 0 Å². The molecule has 0 amide bonds. The second-order valence-corrected chi connectivity index (χ2v) is 6.14. The Kier molecular flexibility index (Phi) is 2.63. The minimum atomic E-state index is -3.37. The third-order valence-electron chi connectivity index (χ3n) is 2.06. The molecule has 0 aliphatic carbocycles. The van der Waals surface area contributed by atoms with Gasteiger partial charge in [0.05, 0.1) is 19.4 Å². The molecule has 0 radical (unpaired) electrons. The highest BCUT2D eigenvalue weighted by atomic mass is 79.9. The molecular formula is C7H9BrN2O3S. The minimum absolute atomic E-state index is 0.131. The summed E-state index contributed by atoms with van der Waals surface area (Å²) in [7, 11) is -3.37. The fourth-order valence-electron chi connectivity index (χ4n) is 1.34. The molecule has 0 unspecified atom stereocenters. The van der Waals surface area contributed by atoms with E-state index in [-0.39, 0.29) is 8.98 Å². The van der Waals surface area contributed by atoms with Crippen LogP contribution in [0, 0.1) is 0 Å². The van der Waals surface area contributed by atoms with Crippen molar-refractivity contribution in [2.24, 2.45) is 4.99 Å². The lowest BCUT2D eigenvalue weighted by molar-refractivity contribution is 0.0692. The quantitative estimate of drug-likeness (QED) is 0.640. The molecule has 0 spiro atoms. The molecule has 2 heterocycles. The van der Waals surface area contributed by atoms with Crippen LogP contribution in [0.15, 0.2) is 15.0 Å². The van der Waals surface area contributed by atoms with Crippen molar-refractivity contribution >= 4 is 30.9 Å². The van der Waals surface area contributed by atoms with E-state index in [2.05, 4.69) is 20.9 Å². The zero-order valence-electron chi connectivity index (χ0n) is 7.31. The zero-order valence-corrected chi connectivity index (χ0v) is 9.71. The molecule has 1 saturated heterocycles. The van der Waals surface area contributed by atoms with Gasteiger partial charge in [-0.15, -0.1) is 0 Å². The van der Waals surface area contributed by atoms with Crippen molar-refractivity contribution in [2.75, 3.05) is 26.3 Å². The first-order chi connectivity index (χ1) is 6.62. The lowest BCUT2D eigenvalue weighted by Crippen LogP contribution is -2.43. The smallest absolute Gasteiger partial charge is 0.247 e. The summed E-state index contributed by atoms with van der Waals surface area (Å²) in [6, 6.07) is 0. The van der Waals surface area contributed by atoms with E-state index in [0.29, 0.717) is 26.3 Å². The number of aliphatic imine (C=N–C) groups is 1. The molecule has 7 heteroatoms. The summed E-state index contributed by atoms with van der Waals surface area (Å²) in [5.74, 6) is 0. The van der Waals surface area contributed by atoms with Crippen molar-refractivity contribution in [2.45, 2.75) is 0 Å². The molecule has 0 N–H and O–H groups in total. The average Bonchev–Trinajstić information content (AvgIpc) is 2.44. The minimum Gasteiger partial charge on any atom is -0.378 e. The number of nitrogens with zero attached hydrogens (tertiary/aromatic N) is 2. The number of morpholine rings is 1. The highest BCUT2D eigenvalue weighted by molar-refractivity contribution is 9.14. The van der Waals surface area contributed by atoms with E-state index in [9.17, 15) is 8.42 Å². The summed E-state index contributed by atoms with van der Waals surface area (Å²) in [6.07, 6.45) is 1.32. The monoisotopic (exact) mass is 280 g/mol. The molecule has 78 valence electrons.